The minimum absolute atomic E-state index is 0.133. The summed E-state index contributed by atoms with van der Waals surface area (Å²) >= 11 is 0. The molecule has 0 unspecified atom stereocenters. The lowest BCUT2D eigenvalue weighted by Gasteiger charge is -2.61. The van der Waals surface area contributed by atoms with Gasteiger partial charge < -0.3 is 9.47 Å². The molecule has 11 aromatic rings. The monoisotopic (exact) mass is 978 g/mol. The van der Waals surface area contributed by atoms with Crippen LogP contribution in [0.15, 0.2) is 224 Å². The highest BCUT2D eigenvalue weighted by molar-refractivity contribution is 6.17. The van der Waals surface area contributed by atoms with Crippen molar-refractivity contribution in [1.82, 2.24) is 4.57 Å². The van der Waals surface area contributed by atoms with Gasteiger partial charge in [-0.3, -0.25) is 0 Å². The SMILES string of the molecule is c1ccc(-n2c3ccccc3c3c(-c4ccccc4N(c4ccc(-c5ccc6c(c5)C5(c7ccccc7-6)C6CC7CC(C6)CC5C7)cc4)c4ccccc4-c4cccc5cccc(C6CCCCC6)c45)cccc32)cc1. The molecular formula is C74H62N2. The van der Waals surface area contributed by atoms with E-state index < -0.39 is 0 Å². The van der Waals surface area contributed by atoms with Crippen molar-refractivity contribution in [3.63, 3.8) is 0 Å². The third-order valence-corrected chi connectivity index (χ3v) is 19.6. The van der Waals surface area contributed by atoms with Gasteiger partial charge in [-0.05, 0) is 190 Å². The van der Waals surface area contributed by atoms with Gasteiger partial charge in [-0.2, -0.15) is 0 Å². The Morgan fingerprint density at radius 1 is 0.395 bits per heavy atom. The number of benzene rings is 10. The highest BCUT2D eigenvalue weighted by Gasteiger charge is 2.61. The summed E-state index contributed by atoms with van der Waals surface area (Å²) in [5.74, 6) is 3.87. The molecule has 17 rings (SSSR count). The maximum atomic E-state index is 2.64. The lowest BCUT2D eigenvalue weighted by Crippen LogP contribution is -2.55. The number of fused-ring (bicyclic) bond motifs is 7. The quantitative estimate of drug-likeness (QED) is 0.147. The van der Waals surface area contributed by atoms with Gasteiger partial charge in [-0.25, -0.2) is 0 Å². The number of rotatable bonds is 8. The van der Waals surface area contributed by atoms with Crippen molar-refractivity contribution in [2.75, 3.05) is 4.90 Å². The fourth-order valence-corrected chi connectivity index (χ4v) is 16.8. The van der Waals surface area contributed by atoms with E-state index in [0.717, 1.165) is 35.0 Å². The second kappa shape index (κ2) is 17.6. The molecule has 76 heavy (non-hydrogen) atoms. The topological polar surface area (TPSA) is 8.17 Å². The van der Waals surface area contributed by atoms with Gasteiger partial charge in [-0.1, -0.05) is 189 Å². The maximum absolute atomic E-state index is 2.64. The Morgan fingerprint density at radius 2 is 0.961 bits per heavy atom. The van der Waals surface area contributed by atoms with Crippen molar-refractivity contribution in [2.24, 2.45) is 23.7 Å². The molecule has 0 amide bonds. The summed E-state index contributed by atoms with van der Waals surface area (Å²) in [6.07, 6.45) is 13.5. The predicted molar refractivity (Wildman–Crippen MR) is 318 cm³/mol. The van der Waals surface area contributed by atoms with E-state index in [4.69, 9.17) is 0 Å². The fraction of sp³-hybridized carbons (Fsp3) is 0.216. The van der Waals surface area contributed by atoms with Gasteiger partial charge in [0.15, 0.2) is 0 Å². The molecule has 368 valence electrons. The first-order valence-electron chi connectivity index (χ1n) is 28.6. The molecule has 0 atom stereocenters. The van der Waals surface area contributed by atoms with E-state index in [2.05, 4.69) is 234 Å². The van der Waals surface area contributed by atoms with Gasteiger partial charge >= 0.3 is 0 Å². The molecule has 10 aromatic carbocycles. The van der Waals surface area contributed by atoms with Crippen LogP contribution in [-0.4, -0.2) is 4.57 Å². The van der Waals surface area contributed by atoms with Gasteiger partial charge in [0, 0.05) is 38.7 Å². The Kier molecular flexibility index (Phi) is 10.3. The summed E-state index contributed by atoms with van der Waals surface area (Å²) in [6.45, 7) is 0. The summed E-state index contributed by atoms with van der Waals surface area (Å²) in [5, 5.41) is 5.24. The molecule has 0 saturated heterocycles. The molecule has 0 radical (unpaired) electrons. The number of hydrogen-bond donors (Lipinski definition) is 0. The third-order valence-electron chi connectivity index (χ3n) is 19.6. The molecule has 0 aliphatic heterocycles. The maximum Gasteiger partial charge on any atom is 0.0547 e. The Balaban J connectivity index is 0.888. The van der Waals surface area contributed by atoms with Crippen LogP contribution in [0.1, 0.15) is 86.8 Å². The van der Waals surface area contributed by atoms with Crippen LogP contribution in [0.2, 0.25) is 0 Å². The fourth-order valence-electron chi connectivity index (χ4n) is 16.8. The van der Waals surface area contributed by atoms with Crippen LogP contribution in [0, 0.1) is 23.7 Å². The number of nitrogens with zero attached hydrogens (tertiary/aromatic N) is 2. The lowest BCUT2D eigenvalue weighted by atomic mass is 9.43. The van der Waals surface area contributed by atoms with E-state index in [1.807, 2.05) is 0 Å². The number of para-hydroxylation sites is 4. The van der Waals surface area contributed by atoms with Crippen molar-refractivity contribution in [2.45, 2.75) is 75.5 Å². The highest BCUT2D eigenvalue weighted by atomic mass is 15.1. The van der Waals surface area contributed by atoms with Crippen LogP contribution in [0.3, 0.4) is 0 Å². The van der Waals surface area contributed by atoms with Gasteiger partial charge in [0.1, 0.15) is 0 Å². The Morgan fingerprint density at radius 3 is 1.70 bits per heavy atom. The van der Waals surface area contributed by atoms with Gasteiger partial charge in [0.2, 0.25) is 0 Å². The van der Waals surface area contributed by atoms with E-state index in [1.165, 1.54) is 158 Å². The van der Waals surface area contributed by atoms with Crippen molar-refractivity contribution < 1.29 is 0 Å². The molecule has 6 aliphatic carbocycles. The summed E-state index contributed by atoms with van der Waals surface area (Å²) < 4.78 is 2.44. The van der Waals surface area contributed by atoms with Crippen molar-refractivity contribution in [3.8, 4) is 50.2 Å². The first-order chi connectivity index (χ1) is 37.7. The van der Waals surface area contributed by atoms with Gasteiger partial charge in [-0.15, -0.1) is 0 Å². The number of aromatic nitrogens is 1. The van der Waals surface area contributed by atoms with Crippen molar-refractivity contribution in [3.05, 3.63) is 241 Å². The smallest absolute Gasteiger partial charge is 0.0547 e. The standard InChI is InChI=1S/C74H62N2/c1-3-18-51(19-4-1)58-28-15-20-52-21-16-29-63(72(52)58)61-25-8-12-32-68(61)75(69-33-13-9-26-62(69)64-30-17-35-71-73(64)65-27-10-14-34-70(65)76(71)56-22-5-2-6-23-56)57-39-36-50(37-40-57)53-38-41-60-59-24-7-11-31-66(59)74(67(60)47-53)54-43-48-42-49(45-54)46-55(74)44-48/h2,5-17,20-41,47-49,51,54-55H,1,3-4,18-19,42-46H2. The number of hydrogen-bond acceptors (Lipinski definition) is 1. The summed E-state index contributed by atoms with van der Waals surface area (Å²) in [5.41, 5.74) is 22.4. The molecule has 0 N–H and O–H groups in total. The van der Waals surface area contributed by atoms with Crippen LogP contribution < -0.4 is 4.90 Å². The largest absolute Gasteiger partial charge is 0.309 e. The molecule has 4 bridgehead atoms. The Labute approximate surface area is 447 Å². The second-order valence-electron chi connectivity index (χ2n) is 23.4. The first-order valence-corrected chi connectivity index (χ1v) is 28.6. The lowest BCUT2D eigenvalue weighted by molar-refractivity contribution is -0.0399. The highest BCUT2D eigenvalue weighted by Crippen LogP contribution is 2.69. The Hall–Kier alpha value is -7.94. The van der Waals surface area contributed by atoms with Crippen LogP contribution in [-0.2, 0) is 5.41 Å². The van der Waals surface area contributed by atoms with E-state index in [9.17, 15) is 0 Å². The van der Waals surface area contributed by atoms with Crippen LogP contribution in [0.5, 0.6) is 0 Å². The minimum atomic E-state index is 0.133. The zero-order valence-electron chi connectivity index (χ0n) is 43.2. The molecule has 2 nitrogen and oxygen atoms in total. The summed E-state index contributed by atoms with van der Waals surface area (Å²) in [6, 6.07) is 85.8. The third kappa shape index (κ3) is 6.65. The average Bonchev–Trinajstić information content (AvgIpc) is 4.01. The molecule has 1 aromatic heterocycles. The van der Waals surface area contributed by atoms with Crippen LogP contribution in [0.4, 0.5) is 17.1 Å². The van der Waals surface area contributed by atoms with Crippen molar-refractivity contribution >= 4 is 49.6 Å². The molecule has 1 heterocycles. The van der Waals surface area contributed by atoms with E-state index in [1.54, 1.807) is 11.1 Å². The van der Waals surface area contributed by atoms with E-state index >= 15 is 0 Å². The molecular weight excluding hydrogens is 917 g/mol. The predicted octanol–water partition coefficient (Wildman–Crippen LogP) is 20.2. The summed E-state index contributed by atoms with van der Waals surface area (Å²) in [7, 11) is 0. The molecule has 1 spiro atoms. The van der Waals surface area contributed by atoms with Crippen LogP contribution >= 0.6 is 0 Å². The molecule has 5 saturated carbocycles. The van der Waals surface area contributed by atoms with Crippen molar-refractivity contribution in [1.29, 1.82) is 0 Å². The first kappa shape index (κ1) is 44.4. The normalized spacial score (nSPS) is 21.4. The number of anilines is 3. The molecule has 6 aliphatic rings. The molecule has 5 fully saturated rings. The second-order valence-corrected chi connectivity index (χ2v) is 23.4. The Bertz CT molecular complexity index is 4020. The van der Waals surface area contributed by atoms with E-state index in [-0.39, 0.29) is 5.41 Å². The van der Waals surface area contributed by atoms with Crippen LogP contribution in [0.25, 0.3) is 82.8 Å². The zero-order chi connectivity index (χ0) is 49.9. The molecule has 2 heteroatoms. The van der Waals surface area contributed by atoms with Gasteiger partial charge in [0.25, 0.3) is 0 Å². The average molecular weight is 979 g/mol. The zero-order valence-corrected chi connectivity index (χ0v) is 43.2. The minimum Gasteiger partial charge on any atom is -0.309 e. The summed E-state index contributed by atoms with van der Waals surface area (Å²) in [4.78, 5) is 2.58. The van der Waals surface area contributed by atoms with E-state index in [0.29, 0.717) is 5.92 Å². The van der Waals surface area contributed by atoms with Gasteiger partial charge in [0.05, 0.1) is 22.4 Å².